The number of ether oxygens (including phenoxy) is 2. The zero-order chi connectivity index (χ0) is 18.7. The second-order valence-electron chi connectivity index (χ2n) is 6.37. The first-order chi connectivity index (χ1) is 12.4. The highest BCUT2D eigenvalue weighted by molar-refractivity contribution is 5.46. The fraction of sp³-hybridized carbons (Fsp3) is 0.389. The highest BCUT2D eigenvalue weighted by Gasteiger charge is 2.27. The summed E-state index contributed by atoms with van der Waals surface area (Å²) in [6.07, 6.45) is -0.416. The van der Waals surface area contributed by atoms with Crippen LogP contribution < -0.4 is 15.0 Å². The molecule has 1 N–H and O–H groups in total. The van der Waals surface area contributed by atoms with E-state index in [2.05, 4.69) is 10.3 Å². The van der Waals surface area contributed by atoms with Crippen molar-refractivity contribution in [2.24, 2.45) is 0 Å². The number of hydrogen-bond donors (Lipinski definition) is 1. The Morgan fingerprint density at radius 3 is 2.69 bits per heavy atom. The van der Waals surface area contributed by atoms with E-state index in [1.807, 2.05) is 43.3 Å². The molecule has 3 rings (SSSR count). The maximum atomic E-state index is 11.1. The van der Waals surface area contributed by atoms with Crippen molar-refractivity contribution in [1.82, 2.24) is 10.3 Å². The summed E-state index contributed by atoms with van der Waals surface area (Å²) in [4.78, 5) is 16.5. The van der Waals surface area contributed by atoms with Crippen molar-refractivity contribution >= 4 is 11.5 Å². The van der Waals surface area contributed by atoms with Gasteiger partial charge in [-0.1, -0.05) is 12.1 Å². The van der Waals surface area contributed by atoms with Gasteiger partial charge in [0.1, 0.15) is 24.6 Å². The molecule has 0 unspecified atom stereocenters. The fourth-order valence-corrected chi connectivity index (χ4v) is 2.73. The minimum Gasteiger partial charge on any atom is -0.483 e. The van der Waals surface area contributed by atoms with E-state index in [0.717, 1.165) is 11.3 Å². The first-order valence-electron chi connectivity index (χ1n) is 8.35. The van der Waals surface area contributed by atoms with Gasteiger partial charge >= 0.3 is 5.82 Å². The predicted octanol–water partition coefficient (Wildman–Crippen LogP) is 2.43. The van der Waals surface area contributed by atoms with Crippen LogP contribution in [0.1, 0.15) is 17.5 Å². The normalized spacial score (nSPS) is 19.3. The van der Waals surface area contributed by atoms with E-state index in [4.69, 9.17) is 9.47 Å². The van der Waals surface area contributed by atoms with Gasteiger partial charge in [-0.2, -0.15) is 0 Å². The molecule has 8 nitrogen and oxygen atoms in total. The lowest BCUT2D eigenvalue weighted by Gasteiger charge is -2.16. The SMILES string of the molecule is Cc1ccc(OC[C@H]2CN[C@@H](c3ccc(N(C)C)cc3)O2)c([N+](=O)[O-])n1. The van der Waals surface area contributed by atoms with Crippen LogP contribution in [0.15, 0.2) is 36.4 Å². The van der Waals surface area contributed by atoms with Crippen LogP contribution in [-0.4, -0.2) is 43.3 Å². The molecule has 1 saturated heterocycles. The molecule has 26 heavy (non-hydrogen) atoms. The zero-order valence-electron chi connectivity index (χ0n) is 15.0. The Morgan fingerprint density at radius 2 is 2.04 bits per heavy atom. The molecule has 0 spiro atoms. The van der Waals surface area contributed by atoms with Crippen LogP contribution in [0.3, 0.4) is 0 Å². The lowest BCUT2D eigenvalue weighted by molar-refractivity contribution is -0.390. The van der Waals surface area contributed by atoms with Crippen LogP contribution in [0.2, 0.25) is 0 Å². The van der Waals surface area contributed by atoms with Crippen LogP contribution in [0, 0.1) is 17.0 Å². The van der Waals surface area contributed by atoms with Crippen LogP contribution in [-0.2, 0) is 4.74 Å². The Bertz CT molecular complexity index is 779. The van der Waals surface area contributed by atoms with Crippen molar-refractivity contribution in [3.05, 3.63) is 57.8 Å². The third kappa shape index (κ3) is 4.09. The van der Waals surface area contributed by atoms with Gasteiger partial charge in [0.15, 0.2) is 0 Å². The summed E-state index contributed by atoms with van der Waals surface area (Å²) in [6, 6.07) is 11.4. The van der Waals surface area contributed by atoms with Crippen LogP contribution in [0.5, 0.6) is 5.75 Å². The summed E-state index contributed by atoms with van der Waals surface area (Å²) >= 11 is 0. The van der Waals surface area contributed by atoms with Gasteiger partial charge in [-0.05, 0) is 39.7 Å². The minimum absolute atomic E-state index is 0.156. The van der Waals surface area contributed by atoms with Crippen molar-refractivity contribution < 1.29 is 14.4 Å². The monoisotopic (exact) mass is 358 g/mol. The molecule has 0 bridgehead atoms. The Balaban J connectivity index is 1.59. The molecule has 2 aromatic rings. The number of aryl methyl sites for hydroxylation is 1. The van der Waals surface area contributed by atoms with Gasteiger partial charge in [0, 0.05) is 33.3 Å². The number of pyridine rings is 1. The molecule has 1 aliphatic heterocycles. The second-order valence-corrected chi connectivity index (χ2v) is 6.37. The lowest BCUT2D eigenvalue weighted by atomic mass is 10.2. The number of hydrogen-bond acceptors (Lipinski definition) is 7. The van der Waals surface area contributed by atoms with Gasteiger partial charge in [-0.3, -0.25) is 5.32 Å². The topological polar surface area (TPSA) is 89.8 Å². The van der Waals surface area contributed by atoms with E-state index in [1.165, 1.54) is 0 Å². The summed E-state index contributed by atoms with van der Waals surface area (Å²) in [7, 11) is 3.98. The standard InChI is InChI=1S/C18H22N4O4/c1-12-4-9-16(17(20-12)22(23)24)25-11-15-10-19-18(26-15)13-5-7-14(8-6-13)21(2)3/h4-9,15,18-19H,10-11H2,1-3H3/t15-,18-/m1/s1. The first-order valence-corrected chi connectivity index (χ1v) is 8.35. The number of nitro groups is 1. The molecular formula is C18H22N4O4. The van der Waals surface area contributed by atoms with Crippen molar-refractivity contribution in [1.29, 1.82) is 0 Å². The van der Waals surface area contributed by atoms with Gasteiger partial charge in [-0.15, -0.1) is 0 Å². The molecule has 1 aliphatic rings. The summed E-state index contributed by atoms with van der Waals surface area (Å²) < 4.78 is 11.5. The number of rotatable bonds is 6. The zero-order valence-corrected chi connectivity index (χ0v) is 15.0. The van der Waals surface area contributed by atoms with Crippen LogP contribution in [0.25, 0.3) is 0 Å². The molecule has 0 radical (unpaired) electrons. The highest BCUT2D eigenvalue weighted by atomic mass is 16.6. The smallest absolute Gasteiger partial charge is 0.406 e. The lowest BCUT2D eigenvalue weighted by Crippen LogP contribution is -2.22. The van der Waals surface area contributed by atoms with Gasteiger partial charge in [-0.25, -0.2) is 0 Å². The third-order valence-electron chi connectivity index (χ3n) is 4.15. The maximum absolute atomic E-state index is 11.1. The average molecular weight is 358 g/mol. The summed E-state index contributed by atoms with van der Waals surface area (Å²) in [5.74, 6) is -0.116. The molecule has 8 heteroatoms. The second kappa shape index (κ2) is 7.67. The van der Waals surface area contributed by atoms with E-state index >= 15 is 0 Å². The maximum Gasteiger partial charge on any atom is 0.406 e. The predicted molar refractivity (Wildman–Crippen MR) is 97.5 cm³/mol. The highest BCUT2D eigenvalue weighted by Crippen LogP contribution is 2.27. The van der Waals surface area contributed by atoms with Crippen molar-refractivity contribution in [2.45, 2.75) is 19.3 Å². The minimum atomic E-state index is -0.537. The number of nitrogens with zero attached hydrogens (tertiary/aromatic N) is 3. The summed E-state index contributed by atoms with van der Waals surface area (Å²) in [5, 5.41) is 14.4. The number of nitrogens with one attached hydrogen (secondary N) is 1. The molecule has 0 saturated carbocycles. The third-order valence-corrected chi connectivity index (χ3v) is 4.15. The van der Waals surface area contributed by atoms with Crippen LogP contribution in [0.4, 0.5) is 11.5 Å². The van der Waals surface area contributed by atoms with Gasteiger partial charge in [0.05, 0.1) is 0 Å². The van der Waals surface area contributed by atoms with Gasteiger partial charge in [0.2, 0.25) is 5.75 Å². The van der Waals surface area contributed by atoms with E-state index in [9.17, 15) is 10.1 Å². The summed E-state index contributed by atoms with van der Waals surface area (Å²) in [6.45, 7) is 2.52. The van der Waals surface area contributed by atoms with Gasteiger partial charge in [0.25, 0.3) is 0 Å². The largest absolute Gasteiger partial charge is 0.483 e. The molecule has 1 aromatic heterocycles. The molecule has 0 amide bonds. The molecule has 1 fully saturated rings. The molecule has 1 aromatic carbocycles. The Morgan fingerprint density at radius 1 is 1.31 bits per heavy atom. The van der Waals surface area contributed by atoms with E-state index in [0.29, 0.717) is 12.2 Å². The fourth-order valence-electron chi connectivity index (χ4n) is 2.73. The first kappa shape index (κ1) is 18.1. The Hall–Kier alpha value is -2.71. The molecule has 138 valence electrons. The van der Waals surface area contributed by atoms with Crippen molar-refractivity contribution in [3.8, 4) is 5.75 Å². The molecule has 0 aliphatic carbocycles. The van der Waals surface area contributed by atoms with E-state index in [1.54, 1.807) is 19.1 Å². The molecule has 2 heterocycles. The van der Waals surface area contributed by atoms with Crippen LogP contribution >= 0.6 is 0 Å². The molecule has 2 atom stereocenters. The van der Waals surface area contributed by atoms with Gasteiger partial charge < -0.3 is 24.5 Å². The number of benzene rings is 1. The summed E-state index contributed by atoms with van der Waals surface area (Å²) in [5.41, 5.74) is 2.72. The molecular weight excluding hydrogens is 336 g/mol. The average Bonchev–Trinajstić information content (AvgIpc) is 3.09. The van der Waals surface area contributed by atoms with Crippen molar-refractivity contribution in [2.75, 3.05) is 32.1 Å². The number of aromatic nitrogens is 1. The quantitative estimate of drug-likeness (QED) is 0.626. The van der Waals surface area contributed by atoms with E-state index in [-0.39, 0.29) is 30.5 Å². The van der Waals surface area contributed by atoms with Crippen molar-refractivity contribution in [3.63, 3.8) is 0 Å². The Labute approximate surface area is 151 Å². The Kier molecular flexibility index (Phi) is 5.34. The number of anilines is 1. The van der Waals surface area contributed by atoms with E-state index < -0.39 is 4.92 Å².